The molecule has 0 bridgehead atoms. The van der Waals surface area contributed by atoms with E-state index >= 15 is 0 Å². The minimum absolute atomic E-state index is 0.0187. The third-order valence-electron chi connectivity index (χ3n) is 5.93. The molecule has 0 aliphatic carbocycles. The molecule has 17 nitrogen and oxygen atoms in total. The van der Waals surface area contributed by atoms with E-state index in [1.165, 1.54) is 31.9 Å². The maximum atomic E-state index is 13.2. The number of carboxylic acid groups (broad SMARTS) is 2. The van der Waals surface area contributed by atoms with Gasteiger partial charge in [-0.3, -0.25) is 14.5 Å². The molecule has 2 unspecified atom stereocenters. The summed E-state index contributed by atoms with van der Waals surface area (Å²) >= 11 is 2.04. The van der Waals surface area contributed by atoms with E-state index in [1.54, 1.807) is 27.7 Å². The lowest BCUT2D eigenvalue weighted by Gasteiger charge is -2.49. The number of aliphatic carboxylic acids is 2. The van der Waals surface area contributed by atoms with Crippen LogP contribution in [0.3, 0.4) is 0 Å². The molecule has 1 fully saturated rings. The maximum Gasteiger partial charge on any atom is 0.352 e. The summed E-state index contributed by atoms with van der Waals surface area (Å²) in [5.41, 5.74) is 4.36. The Labute approximate surface area is 232 Å². The fraction of sp³-hybridized carbons (Fsp3) is 0.333. The molecular weight excluding hydrogens is 568 g/mol. The van der Waals surface area contributed by atoms with E-state index in [0.29, 0.717) is 5.57 Å². The first-order chi connectivity index (χ1) is 19.0. The smallest absolute Gasteiger partial charge is 0.352 e. The molecule has 0 spiro atoms. The van der Waals surface area contributed by atoms with Gasteiger partial charge in [0.1, 0.15) is 22.6 Å². The second-order valence-electron chi connectivity index (χ2n) is 9.08. The van der Waals surface area contributed by atoms with Crippen LogP contribution in [-0.2, 0) is 30.6 Å². The largest absolute Gasteiger partial charge is 0.478 e. The van der Waals surface area contributed by atoms with Gasteiger partial charge in [0.05, 0.1) is 6.20 Å². The Balaban J connectivity index is 1.36. The van der Waals surface area contributed by atoms with E-state index in [2.05, 4.69) is 30.0 Å². The van der Waals surface area contributed by atoms with Crippen molar-refractivity contribution in [2.24, 2.45) is 5.16 Å². The lowest BCUT2D eigenvalue weighted by atomic mass is 10.0. The minimum atomic E-state index is -1.79. The van der Waals surface area contributed by atoms with E-state index in [4.69, 9.17) is 10.6 Å². The first-order valence-electron chi connectivity index (χ1n) is 11.5. The van der Waals surface area contributed by atoms with Crippen LogP contribution in [-0.4, -0.2) is 91.4 Å². The Hall–Kier alpha value is -4.65. The molecular formula is C21H21N10O7S2+. The molecule has 5 heterocycles. The second-order valence-corrected chi connectivity index (χ2v) is 11.0. The number of carboxylic acids is 2. The number of nitrogen functional groups attached to an aromatic ring is 1. The molecule has 5 rings (SSSR count). The lowest BCUT2D eigenvalue weighted by molar-refractivity contribution is -0.746. The van der Waals surface area contributed by atoms with Crippen LogP contribution in [0.2, 0.25) is 0 Å². The summed E-state index contributed by atoms with van der Waals surface area (Å²) in [7, 11) is 0. The van der Waals surface area contributed by atoms with Gasteiger partial charge < -0.3 is 26.1 Å². The molecule has 5 N–H and O–H groups in total. The fourth-order valence-electron chi connectivity index (χ4n) is 3.83. The van der Waals surface area contributed by atoms with Crippen LogP contribution in [0.5, 0.6) is 0 Å². The normalized spacial score (nSPS) is 19.3. The summed E-state index contributed by atoms with van der Waals surface area (Å²) in [5.74, 6) is -4.19. The van der Waals surface area contributed by atoms with Crippen LogP contribution in [0.25, 0.3) is 5.52 Å². The number of anilines is 1. The molecule has 2 amide bonds. The summed E-state index contributed by atoms with van der Waals surface area (Å²) in [6.45, 7) is 2.57. The van der Waals surface area contributed by atoms with Gasteiger partial charge in [0.25, 0.3) is 11.8 Å². The van der Waals surface area contributed by atoms with Gasteiger partial charge in [0, 0.05) is 28.0 Å². The second kappa shape index (κ2) is 10.2. The quantitative estimate of drug-likeness (QED) is 0.0962. The fourth-order valence-corrected chi connectivity index (χ4v) is 5.60. The maximum absolute atomic E-state index is 13.2. The molecule has 0 aromatic carbocycles. The van der Waals surface area contributed by atoms with E-state index in [1.807, 2.05) is 0 Å². The van der Waals surface area contributed by atoms with Crippen molar-refractivity contribution in [2.75, 3.05) is 11.5 Å². The van der Waals surface area contributed by atoms with E-state index in [-0.39, 0.29) is 29.0 Å². The van der Waals surface area contributed by atoms with Crippen molar-refractivity contribution < 1.29 is 38.9 Å². The molecule has 1 saturated heterocycles. The van der Waals surface area contributed by atoms with E-state index in [0.717, 1.165) is 21.9 Å². The number of nitrogens with one attached hydrogen (secondary N) is 1. The lowest BCUT2D eigenvalue weighted by Crippen LogP contribution is -2.71. The van der Waals surface area contributed by atoms with E-state index in [9.17, 15) is 29.4 Å². The molecule has 2 aliphatic rings. The Morgan fingerprint density at radius 1 is 1.35 bits per heavy atom. The minimum Gasteiger partial charge on any atom is -0.478 e. The van der Waals surface area contributed by atoms with Crippen molar-refractivity contribution in [1.29, 1.82) is 0 Å². The summed E-state index contributed by atoms with van der Waals surface area (Å²) in [5, 5.41) is 33.0. The first kappa shape index (κ1) is 26.9. The van der Waals surface area contributed by atoms with Gasteiger partial charge >= 0.3 is 11.9 Å². The number of nitrogens with zero attached hydrogens (tertiary/aromatic N) is 8. The van der Waals surface area contributed by atoms with Gasteiger partial charge in [-0.05, 0) is 19.9 Å². The number of fused-ring (bicyclic) bond motifs is 2. The van der Waals surface area contributed by atoms with Crippen LogP contribution >= 0.6 is 23.3 Å². The number of carbonyl (C=O) groups excluding carboxylic acids is 2. The van der Waals surface area contributed by atoms with Crippen LogP contribution in [0.15, 0.2) is 41.2 Å². The number of oxime groups is 1. The van der Waals surface area contributed by atoms with Gasteiger partial charge in [0.2, 0.25) is 23.3 Å². The molecule has 19 heteroatoms. The van der Waals surface area contributed by atoms with E-state index < -0.39 is 46.5 Å². The monoisotopic (exact) mass is 589 g/mol. The Bertz CT molecular complexity index is 1610. The average molecular weight is 590 g/mol. The van der Waals surface area contributed by atoms with Crippen molar-refractivity contribution in [1.82, 2.24) is 34.3 Å². The van der Waals surface area contributed by atoms with Crippen LogP contribution < -0.4 is 15.7 Å². The summed E-state index contributed by atoms with van der Waals surface area (Å²) in [6, 6.07) is 0.666. The molecule has 2 aliphatic heterocycles. The Morgan fingerprint density at radius 3 is 2.80 bits per heavy atom. The van der Waals surface area contributed by atoms with Gasteiger partial charge in [0.15, 0.2) is 18.0 Å². The number of aromatic nitrogens is 6. The van der Waals surface area contributed by atoms with Gasteiger partial charge in [-0.15, -0.1) is 11.8 Å². The molecule has 2 atom stereocenters. The number of hydrogen-bond donors (Lipinski definition) is 4. The van der Waals surface area contributed by atoms with Crippen molar-refractivity contribution in [3.05, 3.63) is 41.9 Å². The number of β-lactam (4-membered cyclic amide) rings is 1. The summed E-state index contributed by atoms with van der Waals surface area (Å²) in [4.78, 5) is 60.0. The number of thioether (sulfide) groups is 1. The SMILES string of the molecule is CC(C)(O/N=C(\C(=O)NC1C(=O)N2C(C(=O)O)=C(C[n+]3cc4ccnn4cn3)CSC12)c1nsc(N)n1)C(=O)O. The molecule has 40 heavy (non-hydrogen) atoms. The standard InChI is InChI=1S/C21H20N10O7S2/c1-21(2,19(36)37)38-27-11(14-26-20(22)40-28-14)15(32)25-12-16(33)31-13(18(34)35)9(7-39-17(12)31)5-29-6-10-3-4-23-30(10)8-24-29/h3-4,6,8,12,17H,5,7H2,1-2H3,(H4-,22,25,26,28,32,34,35,36,37)/p+1/b27-11-. The number of amides is 2. The number of nitrogens with two attached hydrogens (primary N) is 1. The number of rotatable bonds is 9. The van der Waals surface area contributed by atoms with Gasteiger partial charge in [-0.25, -0.2) is 14.1 Å². The number of hydrogen-bond acceptors (Lipinski definition) is 13. The topological polar surface area (TPSA) is 231 Å². The predicted octanol–water partition coefficient (Wildman–Crippen LogP) is -1.53. The molecule has 0 saturated carbocycles. The highest BCUT2D eigenvalue weighted by atomic mass is 32.2. The van der Waals surface area contributed by atoms with Crippen molar-refractivity contribution in [3.8, 4) is 0 Å². The van der Waals surface area contributed by atoms with Crippen molar-refractivity contribution in [2.45, 2.75) is 37.4 Å². The molecule has 3 aromatic heterocycles. The zero-order valence-corrected chi connectivity index (χ0v) is 22.4. The average Bonchev–Trinajstić information content (AvgIpc) is 3.55. The highest BCUT2D eigenvalue weighted by molar-refractivity contribution is 8.00. The molecule has 0 radical (unpaired) electrons. The van der Waals surface area contributed by atoms with Gasteiger partial charge in [-0.1, -0.05) is 9.84 Å². The van der Waals surface area contributed by atoms with Crippen LogP contribution in [0, 0.1) is 0 Å². The number of carbonyl (C=O) groups is 4. The molecule has 208 valence electrons. The van der Waals surface area contributed by atoms with Gasteiger partial charge in [-0.2, -0.15) is 14.5 Å². The van der Waals surface area contributed by atoms with Crippen LogP contribution in [0.1, 0.15) is 19.7 Å². The summed E-state index contributed by atoms with van der Waals surface area (Å²) < 4.78 is 7.03. The van der Waals surface area contributed by atoms with Crippen LogP contribution in [0.4, 0.5) is 5.13 Å². The third kappa shape index (κ3) is 4.91. The highest BCUT2D eigenvalue weighted by Gasteiger charge is 2.55. The van der Waals surface area contributed by atoms with Crippen molar-refractivity contribution in [3.63, 3.8) is 0 Å². The summed E-state index contributed by atoms with van der Waals surface area (Å²) in [6.07, 6.45) is 4.79. The predicted molar refractivity (Wildman–Crippen MR) is 137 cm³/mol. The highest BCUT2D eigenvalue weighted by Crippen LogP contribution is 2.40. The third-order valence-corrected chi connectivity index (χ3v) is 7.81. The zero-order chi connectivity index (χ0) is 28.8. The Morgan fingerprint density at radius 2 is 2.12 bits per heavy atom. The van der Waals surface area contributed by atoms with Crippen molar-refractivity contribution >= 4 is 63.4 Å². The zero-order valence-electron chi connectivity index (χ0n) is 20.8. The molecule has 3 aromatic rings. The first-order valence-corrected chi connectivity index (χ1v) is 13.3. The Kier molecular flexibility index (Phi) is 6.84.